The fourth-order valence-corrected chi connectivity index (χ4v) is 3.62. The van der Waals surface area contributed by atoms with Gasteiger partial charge in [-0.1, -0.05) is 0 Å². The van der Waals surface area contributed by atoms with E-state index in [1.165, 1.54) is 16.8 Å². The highest BCUT2D eigenvalue weighted by Crippen LogP contribution is 2.52. The molecule has 0 amide bonds. The van der Waals surface area contributed by atoms with Crippen LogP contribution in [0, 0.1) is 0 Å². The van der Waals surface area contributed by atoms with E-state index >= 15 is 0 Å². The van der Waals surface area contributed by atoms with Gasteiger partial charge in [-0.2, -0.15) is 4.98 Å². The van der Waals surface area contributed by atoms with Crippen LogP contribution < -0.4 is 11.4 Å². The van der Waals surface area contributed by atoms with Crippen molar-refractivity contribution in [2.24, 2.45) is 0 Å². The number of nitrogens with zero attached hydrogens (tertiary/aromatic N) is 2. The molecule has 104 valence electrons. The SMILES string of the molecule is Nc1ccn([C@H]2C[C@@H]3OP(O)(=S)OC[C@H]3O2)c(=O)n1. The van der Waals surface area contributed by atoms with Gasteiger partial charge in [-0.3, -0.25) is 4.57 Å². The van der Waals surface area contributed by atoms with E-state index in [4.69, 9.17) is 31.3 Å². The average Bonchev–Trinajstić information content (AvgIpc) is 2.69. The number of aromatic nitrogens is 2. The molecular weight excluding hydrogens is 293 g/mol. The number of hydrogen-bond donors (Lipinski definition) is 2. The molecule has 0 spiro atoms. The van der Waals surface area contributed by atoms with E-state index in [2.05, 4.69) is 4.98 Å². The summed E-state index contributed by atoms with van der Waals surface area (Å²) in [5, 5.41) is 0. The van der Waals surface area contributed by atoms with Crippen molar-refractivity contribution in [2.75, 3.05) is 12.3 Å². The van der Waals surface area contributed by atoms with Crippen molar-refractivity contribution in [2.45, 2.75) is 24.9 Å². The molecule has 4 atom stereocenters. The van der Waals surface area contributed by atoms with E-state index in [0.717, 1.165) is 0 Å². The minimum absolute atomic E-state index is 0.155. The van der Waals surface area contributed by atoms with Crippen LogP contribution in [0.25, 0.3) is 0 Å². The van der Waals surface area contributed by atoms with Crippen LogP contribution >= 0.6 is 6.72 Å². The molecule has 0 saturated carbocycles. The highest BCUT2D eigenvalue weighted by molar-refractivity contribution is 8.07. The van der Waals surface area contributed by atoms with Crippen molar-refractivity contribution in [1.82, 2.24) is 9.55 Å². The number of nitrogens with two attached hydrogens (primary N) is 1. The van der Waals surface area contributed by atoms with E-state index in [1.54, 1.807) is 0 Å². The monoisotopic (exact) mass is 305 g/mol. The van der Waals surface area contributed by atoms with Crippen LogP contribution in [0.15, 0.2) is 17.1 Å². The van der Waals surface area contributed by atoms with Crippen molar-refractivity contribution in [3.05, 3.63) is 22.7 Å². The van der Waals surface area contributed by atoms with Crippen LogP contribution in [0.3, 0.4) is 0 Å². The number of anilines is 1. The molecule has 1 aromatic heterocycles. The Hall–Kier alpha value is -0.830. The zero-order valence-electron chi connectivity index (χ0n) is 9.71. The summed E-state index contributed by atoms with van der Waals surface area (Å²) >= 11 is 4.79. The molecule has 10 heteroatoms. The second-order valence-corrected chi connectivity index (χ2v) is 7.11. The number of ether oxygens (including phenoxy) is 1. The van der Waals surface area contributed by atoms with E-state index in [0.29, 0.717) is 6.42 Å². The van der Waals surface area contributed by atoms with Crippen LogP contribution in [0.4, 0.5) is 5.82 Å². The summed E-state index contributed by atoms with van der Waals surface area (Å²) in [5.41, 5.74) is 4.93. The van der Waals surface area contributed by atoms with Crippen LogP contribution in [-0.2, 0) is 25.6 Å². The molecule has 0 bridgehead atoms. The van der Waals surface area contributed by atoms with Gasteiger partial charge in [-0.15, -0.1) is 0 Å². The molecule has 3 rings (SSSR count). The Morgan fingerprint density at radius 2 is 2.37 bits per heavy atom. The number of fused-ring (bicyclic) bond motifs is 1. The zero-order valence-corrected chi connectivity index (χ0v) is 11.4. The molecule has 2 saturated heterocycles. The van der Waals surface area contributed by atoms with Crippen LogP contribution in [0.5, 0.6) is 0 Å². The summed E-state index contributed by atoms with van der Waals surface area (Å²) in [6, 6.07) is 1.51. The quantitative estimate of drug-likeness (QED) is 0.683. The van der Waals surface area contributed by atoms with Crippen molar-refractivity contribution in [3.8, 4) is 0 Å². The fraction of sp³-hybridized carbons (Fsp3) is 0.556. The molecule has 0 radical (unpaired) electrons. The zero-order chi connectivity index (χ0) is 13.6. The molecule has 2 fully saturated rings. The van der Waals surface area contributed by atoms with Gasteiger partial charge in [0.1, 0.15) is 18.1 Å². The summed E-state index contributed by atoms with van der Waals surface area (Å²) in [5.74, 6) is 0.155. The van der Waals surface area contributed by atoms with Gasteiger partial charge in [0, 0.05) is 12.6 Å². The Labute approximate surface area is 113 Å². The minimum atomic E-state index is -3.16. The van der Waals surface area contributed by atoms with Crippen molar-refractivity contribution < 1.29 is 18.7 Å². The standard InChI is InChI=1S/C9H12N3O5PS/c10-7-1-2-12(9(13)11-7)8-3-5-6(16-8)4-15-18(14,19)17-5/h1-2,5-6,8H,3-4H2,(H,14,19)(H2,10,11,13)/t5-,6+,8+,18?/m0/s1. The second kappa shape index (κ2) is 4.62. The molecule has 3 heterocycles. The summed E-state index contributed by atoms with van der Waals surface area (Å²) in [6.07, 6.45) is 0.671. The van der Waals surface area contributed by atoms with Gasteiger partial charge in [0.2, 0.25) is 0 Å². The first-order valence-corrected chi connectivity index (χ1v) is 8.19. The molecule has 8 nitrogen and oxygen atoms in total. The third kappa shape index (κ3) is 2.58. The first-order chi connectivity index (χ1) is 8.94. The predicted molar refractivity (Wildman–Crippen MR) is 68.8 cm³/mol. The average molecular weight is 305 g/mol. The van der Waals surface area contributed by atoms with Gasteiger partial charge in [-0.25, -0.2) is 4.79 Å². The third-order valence-corrected chi connectivity index (χ3v) is 4.60. The molecule has 1 unspecified atom stereocenters. The normalized spacial score (nSPS) is 38.1. The Balaban J connectivity index is 1.82. The topological polar surface area (TPSA) is 109 Å². The molecule has 3 N–H and O–H groups in total. The highest BCUT2D eigenvalue weighted by atomic mass is 32.5. The van der Waals surface area contributed by atoms with Gasteiger partial charge in [0.25, 0.3) is 0 Å². The van der Waals surface area contributed by atoms with E-state index < -0.39 is 18.6 Å². The van der Waals surface area contributed by atoms with Gasteiger partial charge in [-0.05, 0) is 17.9 Å². The Bertz CT molecular complexity index is 608. The Morgan fingerprint density at radius 1 is 1.58 bits per heavy atom. The summed E-state index contributed by atoms with van der Waals surface area (Å²) in [6.45, 7) is -3.01. The number of nitrogen functional groups attached to an aromatic ring is 1. The largest absolute Gasteiger partial charge is 0.383 e. The van der Waals surface area contributed by atoms with Gasteiger partial charge in [0.05, 0.1) is 12.7 Å². The van der Waals surface area contributed by atoms with E-state index in [9.17, 15) is 9.69 Å². The second-order valence-electron chi connectivity index (χ2n) is 4.32. The molecular formula is C9H12N3O5PS. The fourth-order valence-electron chi connectivity index (χ4n) is 2.15. The molecule has 2 aliphatic heterocycles. The van der Waals surface area contributed by atoms with Gasteiger partial charge in [0.15, 0.2) is 0 Å². The first-order valence-electron chi connectivity index (χ1n) is 5.60. The third-order valence-electron chi connectivity index (χ3n) is 3.01. The van der Waals surface area contributed by atoms with E-state index in [1.807, 2.05) is 0 Å². The summed E-state index contributed by atoms with van der Waals surface area (Å²) < 4.78 is 17.3. The first kappa shape index (κ1) is 13.2. The van der Waals surface area contributed by atoms with Crippen LogP contribution in [0.2, 0.25) is 0 Å². The van der Waals surface area contributed by atoms with Crippen molar-refractivity contribution >= 4 is 24.3 Å². The molecule has 0 aromatic carbocycles. The summed E-state index contributed by atoms with van der Waals surface area (Å²) in [4.78, 5) is 24.9. The van der Waals surface area contributed by atoms with Gasteiger partial charge < -0.3 is 24.4 Å². The van der Waals surface area contributed by atoms with Crippen molar-refractivity contribution in [1.29, 1.82) is 0 Å². The van der Waals surface area contributed by atoms with Crippen LogP contribution in [0.1, 0.15) is 12.6 Å². The predicted octanol–water partition coefficient (Wildman–Crippen LogP) is -0.255. The number of hydrogen-bond acceptors (Lipinski definition) is 7. The lowest BCUT2D eigenvalue weighted by molar-refractivity contribution is -0.0598. The summed E-state index contributed by atoms with van der Waals surface area (Å²) in [7, 11) is 0. The smallest absolute Gasteiger partial charge is 0.351 e. The molecule has 0 aliphatic carbocycles. The Morgan fingerprint density at radius 3 is 3.11 bits per heavy atom. The molecule has 19 heavy (non-hydrogen) atoms. The van der Waals surface area contributed by atoms with Crippen LogP contribution in [-0.4, -0.2) is 33.3 Å². The maximum atomic E-state index is 11.7. The molecule has 2 aliphatic rings. The lowest BCUT2D eigenvalue weighted by Gasteiger charge is -2.29. The molecule has 1 aromatic rings. The lowest BCUT2D eigenvalue weighted by atomic mass is 10.2. The van der Waals surface area contributed by atoms with Crippen molar-refractivity contribution in [3.63, 3.8) is 0 Å². The minimum Gasteiger partial charge on any atom is -0.383 e. The highest BCUT2D eigenvalue weighted by Gasteiger charge is 2.44. The van der Waals surface area contributed by atoms with E-state index in [-0.39, 0.29) is 24.6 Å². The Kier molecular flexibility index (Phi) is 3.20. The number of rotatable bonds is 1. The van der Waals surface area contributed by atoms with Gasteiger partial charge >= 0.3 is 12.4 Å². The maximum Gasteiger partial charge on any atom is 0.351 e. The lowest BCUT2D eigenvalue weighted by Crippen LogP contribution is -2.32. The maximum absolute atomic E-state index is 11.7.